The number of thiazole rings is 1. The number of hydrogen-bond donors (Lipinski definition) is 1. The molecule has 0 radical (unpaired) electrons. The highest BCUT2D eigenvalue weighted by Gasteiger charge is 2.19. The van der Waals surface area contributed by atoms with Crippen LogP contribution in [0.4, 0.5) is 4.39 Å². The summed E-state index contributed by atoms with van der Waals surface area (Å²) < 4.78 is 13.2. The molecule has 2 aromatic rings. The Morgan fingerprint density at radius 1 is 1.29 bits per heavy atom. The average Bonchev–Trinajstić information content (AvgIpc) is 2.86. The van der Waals surface area contributed by atoms with E-state index in [0.29, 0.717) is 12.5 Å². The van der Waals surface area contributed by atoms with E-state index in [2.05, 4.69) is 26.2 Å². The van der Waals surface area contributed by atoms with E-state index in [-0.39, 0.29) is 11.2 Å². The van der Waals surface area contributed by atoms with Gasteiger partial charge in [0, 0.05) is 17.2 Å². The smallest absolute Gasteiger partial charge is 0.123 e. The van der Waals surface area contributed by atoms with Crippen LogP contribution in [0, 0.1) is 11.7 Å². The zero-order valence-electron chi connectivity index (χ0n) is 12.9. The van der Waals surface area contributed by atoms with Gasteiger partial charge in [0.05, 0.1) is 10.7 Å². The number of rotatable bonds is 5. The van der Waals surface area contributed by atoms with Crippen LogP contribution in [-0.2, 0) is 18.3 Å². The van der Waals surface area contributed by atoms with E-state index >= 15 is 0 Å². The summed E-state index contributed by atoms with van der Waals surface area (Å²) in [6.07, 6.45) is 1.65. The number of hydrogen-bond acceptors (Lipinski definition) is 3. The molecule has 4 heteroatoms. The van der Waals surface area contributed by atoms with Crippen molar-refractivity contribution in [1.29, 1.82) is 0 Å². The third-order valence-corrected chi connectivity index (χ3v) is 4.40. The molecule has 1 aromatic carbocycles. The molecule has 1 atom stereocenters. The summed E-state index contributed by atoms with van der Waals surface area (Å²) in [5.41, 5.74) is 8.09. The molecule has 0 bridgehead atoms. The summed E-state index contributed by atoms with van der Waals surface area (Å²) in [6, 6.07) is 6.76. The van der Waals surface area contributed by atoms with Crippen molar-refractivity contribution >= 4 is 11.3 Å². The molecule has 1 unspecified atom stereocenters. The van der Waals surface area contributed by atoms with Crippen LogP contribution in [0.1, 0.15) is 37.0 Å². The zero-order valence-corrected chi connectivity index (χ0v) is 13.7. The molecule has 0 spiro atoms. The first-order chi connectivity index (χ1) is 9.88. The van der Waals surface area contributed by atoms with Gasteiger partial charge in [-0.3, -0.25) is 0 Å². The van der Waals surface area contributed by atoms with Crippen LogP contribution in [-0.4, -0.2) is 11.5 Å². The van der Waals surface area contributed by atoms with Gasteiger partial charge in [0.15, 0.2) is 0 Å². The van der Waals surface area contributed by atoms with Gasteiger partial charge in [-0.2, -0.15) is 0 Å². The van der Waals surface area contributed by atoms with Gasteiger partial charge in [-0.15, -0.1) is 11.3 Å². The average molecular weight is 306 g/mol. The van der Waals surface area contributed by atoms with E-state index in [1.165, 1.54) is 6.07 Å². The number of aromatic nitrogens is 1. The topological polar surface area (TPSA) is 38.9 Å². The molecule has 0 aliphatic carbocycles. The Morgan fingerprint density at radius 2 is 2.05 bits per heavy atom. The van der Waals surface area contributed by atoms with Gasteiger partial charge in [-0.25, -0.2) is 9.37 Å². The zero-order chi connectivity index (χ0) is 15.5. The highest BCUT2D eigenvalue weighted by atomic mass is 32.1. The van der Waals surface area contributed by atoms with Crippen LogP contribution in [0.2, 0.25) is 0 Å². The standard InChI is InChI=1S/C17H23FN2S/c1-17(2,3)15-11-21-16(20-15)9-13(10-19)7-12-5-4-6-14(18)8-12/h4-6,8,11,13H,7,9-10,19H2,1-3H3. The molecule has 0 saturated heterocycles. The molecule has 0 aliphatic heterocycles. The fourth-order valence-electron chi connectivity index (χ4n) is 2.23. The minimum Gasteiger partial charge on any atom is -0.330 e. The summed E-state index contributed by atoms with van der Waals surface area (Å²) in [5, 5.41) is 3.25. The summed E-state index contributed by atoms with van der Waals surface area (Å²) in [6.45, 7) is 7.08. The Morgan fingerprint density at radius 3 is 2.62 bits per heavy atom. The predicted octanol–water partition coefficient (Wildman–Crippen LogP) is 3.94. The van der Waals surface area contributed by atoms with E-state index in [4.69, 9.17) is 10.7 Å². The normalized spacial score (nSPS) is 13.4. The quantitative estimate of drug-likeness (QED) is 0.908. The predicted molar refractivity (Wildman–Crippen MR) is 87.2 cm³/mol. The van der Waals surface area contributed by atoms with Crippen LogP contribution in [0.3, 0.4) is 0 Å². The second kappa shape index (κ2) is 6.67. The molecule has 2 N–H and O–H groups in total. The molecule has 0 fully saturated rings. The molecule has 0 aliphatic rings. The Balaban J connectivity index is 2.04. The van der Waals surface area contributed by atoms with E-state index in [0.717, 1.165) is 29.1 Å². The highest BCUT2D eigenvalue weighted by Crippen LogP contribution is 2.25. The van der Waals surface area contributed by atoms with Crippen molar-refractivity contribution in [3.05, 3.63) is 51.7 Å². The van der Waals surface area contributed by atoms with Crippen molar-refractivity contribution < 1.29 is 4.39 Å². The minimum absolute atomic E-state index is 0.0789. The van der Waals surface area contributed by atoms with Crippen LogP contribution in [0.25, 0.3) is 0 Å². The van der Waals surface area contributed by atoms with Crippen LogP contribution in [0.5, 0.6) is 0 Å². The van der Waals surface area contributed by atoms with Crippen molar-refractivity contribution in [3.63, 3.8) is 0 Å². The van der Waals surface area contributed by atoms with Crippen LogP contribution >= 0.6 is 11.3 Å². The SMILES string of the molecule is CC(C)(C)c1csc(CC(CN)Cc2cccc(F)c2)n1. The van der Waals surface area contributed by atoms with Crippen LogP contribution < -0.4 is 5.73 Å². The van der Waals surface area contributed by atoms with Gasteiger partial charge in [-0.1, -0.05) is 32.9 Å². The Hall–Kier alpha value is -1.26. The van der Waals surface area contributed by atoms with Gasteiger partial charge in [0.2, 0.25) is 0 Å². The maximum Gasteiger partial charge on any atom is 0.123 e. The van der Waals surface area contributed by atoms with E-state index in [9.17, 15) is 4.39 Å². The molecule has 2 nitrogen and oxygen atoms in total. The van der Waals surface area contributed by atoms with E-state index in [1.807, 2.05) is 6.07 Å². The van der Waals surface area contributed by atoms with Crippen molar-refractivity contribution in [2.45, 2.75) is 39.0 Å². The molecule has 1 heterocycles. The molecule has 2 rings (SSSR count). The molecular weight excluding hydrogens is 283 g/mol. The lowest BCUT2D eigenvalue weighted by atomic mass is 9.93. The number of nitrogens with zero attached hydrogens (tertiary/aromatic N) is 1. The first-order valence-electron chi connectivity index (χ1n) is 7.28. The fraction of sp³-hybridized carbons (Fsp3) is 0.471. The maximum atomic E-state index is 13.2. The first-order valence-corrected chi connectivity index (χ1v) is 8.16. The Kier molecular flexibility index (Phi) is 5.12. The lowest BCUT2D eigenvalue weighted by Gasteiger charge is -2.15. The molecule has 0 saturated carbocycles. The molecule has 1 aromatic heterocycles. The van der Waals surface area contributed by atoms with Crippen LogP contribution in [0.15, 0.2) is 29.6 Å². The molecular formula is C17H23FN2S. The van der Waals surface area contributed by atoms with Crippen molar-refractivity contribution in [2.75, 3.05) is 6.54 Å². The lowest BCUT2D eigenvalue weighted by Crippen LogP contribution is -2.19. The number of halogens is 1. The van der Waals surface area contributed by atoms with E-state index < -0.39 is 0 Å². The highest BCUT2D eigenvalue weighted by molar-refractivity contribution is 7.09. The molecule has 21 heavy (non-hydrogen) atoms. The van der Waals surface area contributed by atoms with Gasteiger partial charge in [-0.05, 0) is 36.6 Å². The van der Waals surface area contributed by atoms with Crippen molar-refractivity contribution in [2.24, 2.45) is 11.7 Å². The Bertz CT molecular complexity index is 586. The van der Waals surface area contributed by atoms with Gasteiger partial charge < -0.3 is 5.73 Å². The lowest BCUT2D eigenvalue weighted by molar-refractivity contribution is 0.523. The summed E-state index contributed by atoms with van der Waals surface area (Å²) in [4.78, 5) is 4.72. The Labute approximate surface area is 130 Å². The monoisotopic (exact) mass is 306 g/mol. The molecule has 114 valence electrons. The number of benzene rings is 1. The number of nitrogens with two attached hydrogens (primary N) is 1. The summed E-state index contributed by atoms with van der Waals surface area (Å²) in [7, 11) is 0. The second-order valence-corrected chi connectivity index (χ2v) is 7.46. The van der Waals surface area contributed by atoms with Gasteiger partial charge in [0.1, 0.15) is 5.82 Å². The maximum absolute atomic E-state index is 13.2. The van der Waals surface area contributed by atoms with Crippen molar-refractivity contribution in [1.82, 2.24) is 4.98 Å². The third-order valence-electron chi connectivity index (χ3n) is 3.53. The first kappa shape index (κ1) is 16.1. The third kappa shape index (κ3) is 4.61. The van der Waals surface area contributed by atoms with Gasteiger partial charge in [0.25, 0.3) is 0 Å². The fourth-order valence-corrected chi connectivity index (χ4v) is 3.37. The van der Waals surface area contributed by atoms with Crippen molar-refractivity contribution in [3.8, 4) is 0 Å². The van der Waals surface area contributed by atoms with Gasteiger partial charge >= 0.3 is 0 Å². The van der Waals surface area contributed by atoms with E-state index in [1.54, 1.807) is 23.5 Å². The molecule has 0 amide bonds. The largest absolute Gasteiger partial charge is 0.330 e. The minimum atomic E-state index is -0.187. The summed E-state index contributed by atoms with van der Waals surface area (Å²) >= 11 is 1.69. The summed E-state index contributed by atoms with van der Waals surface area (Å²) in [5.74, 6) is 0.110. The second-order valence-electron chi connectivity index (χ2n) is 6.52.